The van der Waals surface area contributed by atoms with E-state index >= 15 is 0 Å². The lowest BCUT2D eigenvalue weighted by atomic mass is 10.0. The standard InChI is InChI=1S/C13H18NO/c1-14-9-3-4-12(14)10-11-5-7-13(15-2)8-6-11/h5-8,12H,1,3-4,9-10H2,2H3/q-1. The van der Waals surface area contributed by atoms with Crippen molar-refractivity contribution in [3.63, 3.8) is 0 Å². The first-order valence-corrected chi connectivity index (χ1v) is 5.49. The molecule has 0 saturated carbocycles. The van der Waals surface area contributed by atoms with Gasteiger partial charge in [0.1, 0.15) is 5.75 Å². The molecule has 0 aromatic heterocycles. The lowest BCUT2D eigenvalue weighted by Gasteiger charge is -2.27. The molecule has 1 fully saturated rings. The van der Waals surface area contributed by atoms with E-state index in [0.717, 1.165) is 18.7 Å². The molecule has 1 aromatic rings. The number of benzene rings is 1. The summed E-state index contributed by atoms with van der Waals surface area (Å²) in [6, 6.07) is 8.96. The van der Waals surface area contributed by atoms with Gasteiger partial charge in [-0.15, -0.1) is 0 Å². The number of hydrogen-bond acceptors (Lipinski definition) is 2. The number of rotatable bonds is 3. The third kappa shape index (κ3) is 2.51. The van der Waals surface area contributed by atoms with Crippen LogP contribution in [0.25, 0.3) is 0 Å². The van der Waals surface area contributed by atoms with Crippen LogP contribution in [-0.2, 0) is 6.42 Å². The van der Waals surface area contributed by atoms with E-state index in [4.69, 9.17) is 4.74 Å². The molecule has 1 unspecified atom stereocenters. The Hall–Kier alpha value is -1.02. The molecule has 1 heterocycles. The highest BCUT2D eigenvalue weighted by Crippen LogP contribution is 2.21. The Labute approximate surface area is 91.9 Å². The number of methoxy groups -OCH3 is 1. The normalized spacial score (nSPS) is 21.9. The maximum Gasteiger partial charge on any atom is 0.118 e. The fourth-order valence-corrected chi connectivity index (χ4v) is 2.16. The summed E-state index contributed by atoms with van der Waals surface area (Å²) < 4.78 is 5.14. The van der Waals surface area contributed by atoms with Crippen LogP contribution >= 0.6 is 0 Å². The van der Waals surface area contributed by atoms with Crippen LogP contribution in [0.1, 0.15) is 18.4 Å². The predicted octanol–water partition coefficient (Wildman–Crippen LogP) is 2.49. The van der Waals surface area contributed by atoms with Crippen LogP contribution in [-0.4, -0.2) is 24.6 Å². The highest BCUT2D eigenvalue weighted by Gasteiger charge is 2.16. The molecule has 0 radical (unpaired) electrons. The largest absolute Gasteiger partial charge is 0.497 e. The summed E-state index contributed by atoms with van der Waals surface area (Å²) in [6.45, 7) is 1.14. The number of hydrogen-bond donors (Lipinski definition) is 0. The monoisotopic (exact) mass is 204 g/mol. The molecule has 1 saturated heterocycles. The first-order chi connectivity index (χ1) is 7.29. The van der Waals surface area contributed by atoms with E-state index in [1.807, 2.05) is 12.1 Å². The van der Waals surface area contributed by atoms with Crippen molar-refractivity contribution in [2.75, 3.05) is 13.7 Å². The SMILES string of the molecule is [CH2-]N1CCCC1Cc1ccc(OC)cc1. The Kier molecular flexibility index (Phi) is 3.27. The van der Waals surface area contributed by atoms with Crippen molar-refractivity contribution in [2.24, 2.45) is 0 Å². The summed E-state index contributed by atoms with van der Waals surface area (Å²) in [4.78, 5) is 2.21. The van der Waals surface area contributed by atoms with Gasteiger partial charge >= 0.3 is 0 Å². The highest BCUT2D eigenvalue weighted by molar-refractivity contribution is 5.27. The highest BCUT2D eigenvalue weighted by atomic mass is 16.5. The van der Waals surface area contributed by atoms with E-state index in [1.54, 1.807) is 7.11 Å². The van der Waals surface area contributed by atoms with Crippen LogP contribution in [0.5, 0.6) is 5.75 Å². The summed E-state index contributed by atoms with van der Waals surface area (Å²) in [5.41, 5.74) is 1.37. The fraction of sp³-hybridized carbons (Fsp3) is 0.462. The minimum absolute atomic E-state index is 0.624. The van der Waals surface area contributed by atoms with Gasteiger partial charge in [0.25, 0.3) is 0 Å². The quantitative estimate of drug-likeness (QED) is 0.701. The molecule has 1 aromatic carbocycles. The second-order valence-electron chi connectivity index (χ2n) is 4.16. The third-order valence-corrected chi connectivity index (χ3v) is 3.13. The van der Waals surface area contributed by atoms with E-state index in [9.17, 15) is 0 Å². The van der Waals surface area contributed by atoms with Gasteiger partial charge in [-0.1, -0.05) is 12.1 Å². The van der Waals surface area contributed by atoms with Crippen molar-refractivity contribution in [2.45, 2.75) is 25.3 Å². The Morgan fingerprint density at radius 3 is 2.67 bits per heavy atom. The summed E-state index contributed by atoms with van der Waals surface area (Å²) >= 11 is 0. The summed E-state index contributed by atoms with van der Waals surface area (Å²) in [6.07, 6.45) is 3.66. The van der Waals surface area contributed by atoms with E-state index < -0.39 is 0 Å². The van der Waals surface area contributed by atoms with Crippen LogP contribution in [0.4, 0.5) is 0 Å². The van der Waals surface area contributed by atoms with Gasteiger partial charge in [-0.25, -0.2) is 0 Å². The van der Waals surface area contributed by atoms with E-state index in [2.05, 4.69) is 24.1 Å². The molecule has 2 nitrogen and oxygen atoms in total. The van der Waals surface area contributed by atoms with Gasteiger partial charge in [0.05, 0.1) is 7.11 Å². The molecule has 0 spiro atoms. The third-order valence-electron chi connectivity index (χ3n) is 3.13. The zero-order valence-corrected chi connectivity index (χ0v) is 9.28. The van der Waals surface area contributed by atoms with Gasteiger partial charge in [-0.3, -0.25) is 7.05 Å². The molecular formula is C13H18NO-. The molecule has 0 bridgehead atoms. The van der Waals surface area contributed by atoms with Crippen molar-refractivity contribution in [3.05, 3.63) is 36.9 Å². The van der Waals surface area contributed by atoms with E-state index in [1.165, 1.54) is 18.4 Å². The first-order valence-electron chi connectivity index (χ1n) is 5.49. The molecule has 2 rings (SSSR count). The Bertz CT molecular complexity index is 307. The van der Waals surface area contributed by atoms with E-state index in [-0.39, 0.29) is 0 Å². The molecule has 0 amide bonds. The second kappa shape index (κ2) is 4.67. The van der Waals surface area contributed by atoms with Gasteiger partial charge < -0.3 is 9.64 Å². The summed E-state index contributed by atoms with van der Waals surface area (Å²) in [7, 11) is 5.76. The van der Waals surface area contributed by atoms with Crippen LogP contribution < -0.4 is 4.74 Å². The first kappa shape index (κ1) is 10.5. The van der Waals surface area contributed by atoms with Crippen molar-refractivity contribution >= 4 is 0 Å². The molecule has 1 atom stereocenters. The second-order valence-corrected chi connectivity index (χ2v) is 4.16. The van der Waals surface area contributed by atoms with Gasteiger partial charge in [-0.2, -0.15) is 0 Å². The Morgan fingerprint density at radius 2 is 2.13 bits per heavy atom. The van der Waals surface area contributed by atoms with Crippen molar-refractivity contribution < 1.29 is 4.74 Å². The smallest absolute Gasteiger partial charge is 0.118 e. The van der Waals surface area contributed by atoms with Gasteiger partial charge in [0.2, 0.25) is 0 Å². The summed E-state index contributed by atoms with van der Waals surface area (Å²) in [5, 5.41) is 0. The van der Waals surface area contributed by atoms with Crippen molar-refractivity contribution in [3.8, 4) is 5.75 Å². The zero-order chi connectivity index (χ0) is 10.7. The molecule has 82 valence electrons. The maximum absolute atomic E-state index is 5.14. The Balaban J connectivity index is 1.98. The average Bonchev–Trinajstić information content (AvgIpc) is 2.66. The molecule has 0 aliphatic carbocycles. The molecule has 1 aliphatic heterocycles. The lowest BCUT2D eigenvalue weighted by Crippen LogP contribution is -2.24. The van der Waals surface area contributed by atoms with Gasteiger partial charge in [0.15, 0.2) is 0 Å². The van der Waals surface area contributed by atoms with Crippen LogP contribution in [0.15, 0.2) is 24.3 Å². The van der Waals surface area contributed by atoms with Gasteiger partial charge in [-0.05, 0) is 49.5 Å². The minimum Gasteiger partial charge on any atom is -0.497 e. The number of ether oxygens (including phenoxy) is 1. The minimum atomic E-state index is 0.624. The number of likely N-dealkylation sites (tertiary alicyclic amines) is 1. The molecule has 15 heavy (non-hydrogen) atoms. The average molecular weight is 204 g/mol. The van der Waals surface area contributed by atoms with Crippen LogP contribution in [0, 0.1) is 7.05 Å². The fourth-order valence-electron chi connectivity index (χ4n) is 2.16. The molecule has 0 N–H and O–H groups in total. The van der Waals surface area contributed by atoms with Crippen molar-refractivity contribution in [1.82, 2.24) is 4.90 Å². The Morgan fingerprint density at radius 1 is 1.40 bits per heavy atom. The lowest BCUT2D eigenvalue weighted by molar-refractivity contribution is 0.342. The van der Waals surface area contributed by atoms with E-state index in [0.29, 0.717) is 6.04 Å². The maximum atomic E-state index is 5.14. The number of nitrogens with zero attached hydrogens (tertiary/aromatic N) is 1. The molecule has 1 aliphatic rings. The topological polar surface area (TPSA) is 12.5 Å². The van der Waals surface area contributed by atoms with Crippen LogP contribution in [0.2, 0.25) is 0 Å². The molecule has 2 heteroatoms. The summed E-state index contributed by atoms with van der Waals surface area (Å²) in [5.74, 6) is 0.927. The predicted molar refractivity (Wildman–Crippen MR) is 61.8 cm³/mol. The van der Waals surface area contributed by atoms with Crippen LogP contribution in [0.3, 0.4) is 0 Å². The zero-order valence-electron chi connectivity index (χ0n) is 9.28. The molecular weight excluding hydrogens is 186 g/mol. The van der Waals surface area contributed by atoms with Crippen molar-refractivity contribution in [1.29, 1.82) is 0 Å². The van der Waals surface area contributed by atoms with Gasteiger partial charge in [0, 0.05) is 0 Å².